The molecule has 8 heteroatoms. The first-order valence-electron chi connectivity index (χ1n) is 8.26. The number of rotatable bonds is 7. The van der Waals surface area contributed by atoms with Gasteiger partial charge in [-0.1, -0.05) is 6.07 Å². The van der Waals surface area contributed by atoms with Gasteiger partial charge in [-0.25, -0.2) is 0 Å². The normalized spacial score (nSPS) is 11.9. The van der Waals surface area contributed by atoms with Crippen LogP contribution in [0.1, 0.15) is 21.8 Å². The number of aryl methyl sites for hydroxylation is 1. The van der Waals surface area contributed by atoms with E-state index in [0.29, 0.717) is 22.5 Å². The highest BCUT2D eigenvalue weighted by Gasteiger charge is 2.23. The van der Waals surface area contributed by atoms with Gasteiger partial charge in [-0.2, -0.15) is 0 Å². The maximum Gasteiger partial charge on any atom is 0.256 e. The van der Waals surface area contributed by atoms with Crippen LogP contribution in [0.15, 0.2) is 47.0 Å². The zero-order valence-electron chi connectivity index (χ0n) is 14.6. The summed E-state index contributed by atoms with van der Waals surface area (Å²) in [4.78, 5) is 28.0. The summed E-state index contributed by atoms with van der Waals surface area (Å²) < 4.78 is 11.3. The summed E-state index contributed by atoms with van der Waals surface area (Å²) in [7, 11) is 0. The largest absolute Gasteiger partial charge is 0.487 e. The maximum atomic E-state index is 12.6. The number of aliphatic hydroxyl groups is 1. The average molecular weight is 369 g/mol. The Morgan fingerprint density at radius 2 is 2.15 bits per heavy atom. The highest BCUT2D eigenvalue weighted by atomic mass is 16.5. The highest BCUT2D eigenvalue weighted by Crippen LogP contribution is 2.29. The molecule has 0 fully saturated rings. The van der Waals surface area contributed by atoms with Crippen molar-refractivity contribution in [3.8, 4) is 5.75 Å². The molecule has 2 amide bonds. The lowest BCUT2D eigenvalue weighted by atomic mass is 10.1. The van der Waals surface area contributed by atoms with Gasteiger partial charge in [0.15, 0.2) is 0 Å². The van der Waals surface area contributed by atoms with E-state index in [9.17, 15) is 14.7 Å². The zero-order valence-corrected chi connectivity index (χ0v) is 14.6. The van der Waals surface area contributed by atoms with E-state index in [1.807, 2.05) is 18.2 Å². The number of nitrogens with zero attached hydrogens (tertiary/aromatic N) is 1. The number of carbonyl (C=O) groups is 2. The minimum Gasteiger partial charge on any atom is -0.487 e. The molecule has 27 heavy (non-hydrogen) atoms. The first-order chi connectivity index (χ1) is 13.0. The minimum absolute atomic E-state index is 0.257. The van der Waals surface area contributed by atoms with Crippen LogP contribution in [0.5, 0.6) is 5.75 Å². The molecule has 1 atom stereocenters. The lowest BCUT2D eigenvalue weighted by Gasteiger charge is -2.12. The number of carbonyl (C=O) groups excluding carboxylic acids is 2. The number of furan rings is 1. The van der Waals surface area contributed by atoms with Crippen LogP contribution in [0.25, 0.3) is 11.0 Å². The molecule has 2 aromatic heterocycles. The number of fused-ring (bicyclic) bond motifs is 1. The van der Waals surface area contributed by atoms with E-state index in [1.54, 1.807) is 31.3 Å². The number of benzene rings is 1. The van der Waals surface area contributed by atoms with E-state index in [1.165, 1.54) is 0 Å². The molecule has 0 saturated carbocycles. The number of ether oxygens (including phenoxy) is 1. The fraction of sp³-hybridized carbons (Fsp3) is 0.211. The quantitative estimate of drug-likeness (QED) is 0.576. The lowest BCUT2D eigenvalue weighted by Crippen LogP contribution is -2.46. The van der Waals surface area contributed by atoms with Gasteiger partial charge < -0.3 is 25.3 Å². The minimum atomic E-state index is -1.18. The number of nitrogens with two attached hydrogens (primary N) is 1. The molecule has 0 saturated heterocycles. The van der Waals surface area contributed by atoms with Crippen LogP contribution < -0.4 is 15.8 Å². The molecule has 8 nitrogen and oxygen atoms in total. The van der Waals surface area contributed by atoms with Gasteiger partial charge >= 0.3 is 0 Å². The van der Waals surface area contributed by atoms with Crippen molar-refractivity contribution < 1.29 is 23.8 Å². The van der Waals surface area contributed by atoms with Crippen molar-refractivity contribution in [2.24, 2.45) is 5.73 Å². The fourth-order valence-electron chi connectivity index (χ4n) is 2.65. The number of hydrogen-bond acceptors (Lipinski definition) is 6. The number of hydrogen-bond donors (Lipinski definition) is 3. The molecule has 1 unspecified atom stereocenters. The molecule has 0 aliphatic rings. The molecule has 0 aliphatic carbocycles. The zero-order chi connectivity index (χ0) is 19.4. The number of pyridine rings is 1. The summed E-state index contributed by atoms with van der Waals surface area (Å²) in [6.45, 7) is 1.33. The summed E-state index contributed by atoms with van der Waals surface area (Å²) in [6, 6.07) is 9.47. The van der Waals surface area contributed by atoms with Crippen molar-refractivity contribution in [3.05, 3.63) is 59.6 Å². The predicted octanol–water partition coefficient (Wildman–Crippen LogP) is 1.29. The molecular weight excluding hydrogens is 350 g/mol. The average Bonchev–Trinajstić information content (AvgIpc) is 3.00. The number of nitrogens with one attached hydrogen (secondary N) is 1. The molecule has 2 heterocycles. The third-order valence-corrected chi connectivity index (χ3v) is 4.01. The molecular formula is C19H19N3O5. The van der Waals surface area contributed by atoms with E-state index in [-0.39, 0.29) is 12.2 Å². The van der Waals surface area contributed by atoms with Crippen LogP contribution >= 0.6 is 0 Å². The summed E-state index contributed by atoms with van der Waals surface area (Å²) in [5, 5.41) is 12.1. The van der Waals surface area contributed by atoms with Crippen LogP contribution in [0, 0.1) is 6.92 Å². The van der Waals surface area contributed by atoms with Crippen LogP contribution in [0.2, 0.25) is 0 Å². The van der Waals surface area contributed by atoms with E-state index < -0.39 is 24.5 Å². The summed E-state index contributed by atoms with van der Waals surface area (Å²) in [5.41, 5.74) is 6.68. The van der Waals surface area contributed by atoms with Gasteiger partial charge in [-0.15, -0.1) is 0 Å². The smallest absolute Gasteiger partial charge is 0.256 e. The first-order valence-corrected chi connectivity index (χ1v) is 8.26. The topological polar surface area (TPSA) is 128 Å². The monoisotopic (exact) mass is 369 g/mol. The summed E-state index contributed by atoms with van der Waals surface area (Å²) >= 11 is 0. The predicted molar refractivity (Wildman–Crippen MR) is 97.1 cm³/mol. The Bertz CT molecular complexity index is 968. The van der Waals surface area contributed by atoms with E-state index in [4.69, 9.17) is 14.9 Å². The summed E-state index contributed by atoms with van der Waals surface area (Å²) in [6.07, 6.45) is 1.68. The van der Waals surface area contributed by atoms with Crippen LogP contribution in [-0.4, -0.2) is 34.6 Å². The van der Waals surface area contributed by atoms with Gasteiger partial charge in [0.05, 0.1) is 17.9 Å². The van der Waals surface area contributed by atoms with Gasteiger partial charge in [-0.05, 0) is 37.3 Å². The fourth-order valence-corrected chi connectivity index (χ4v) is 2.65. The van der Waals surface area contributed by atoms with Gasteiger partial charge in [0.25, 0.3) is 5.91 Å². The number of primary amides is 1. The molecule has 4 N–H and O–H groups in total. The molecule has 0 radical (unpaired) electrons. The van der Waals surface area contributed by atoms with Crippen molar-refractivity contribution >= 4 is 22.8 Å². The van der Waals surface area contributed by atoms with Crippen molar-refractivity contribution in [2.75, 3.05) is 6.61 Å². The molecule has 0 aliphatic heterocycles. The Hall–Kier alpha value is -3.39. The molecule has 3 rings (SSSR count). The molecule has 0 spiro atoms. The maximum absolute atomic E-state index is 12.6. The van der Waals surface area contributed by atoms with E-state index in [2.05, 4.69) is 10.3 Å². The Balaban J connectivity index is 1.86. The lowest BCUT2D eigenvalue weighted by molar-refractivity contribution is -0.120. The number of aromatic nitrogens is 1. The van der Waals surface area contributed by atoms with Crippen molar-refractivity contribution in [2.45, 2.75) is 19.6 Å². The second-order valence-corrected chi connectivity index (χ2v) is 5.91. The third kappa shape index (κ3) is 4.06. The second kappa shape index (κ2) is 7.88. The third-order valence-electron chi connectivity index (χ3n) is 4.01. The Morgan fingerprint density at radius 1 is 1.33 bits per heavy atom. The van der Waals surface area contributed by atoms with Crippen molar-refractivity contribution in [3.63, 3.8) is 0 Å². The highest BCUT2D eigenvalue weighted by molar-refractivity contribution is 6.08. The first kappa shape index (κ1) is 18.4. The van der Waals surface area contributed by atoms with E-state index >= 15 is 0 Å². The van der Waals surface area contributed by atoms with Crippen LogP contribution in [0.3, 0.4) is 0 Å². The molecule has 3 aromatic rings. The Kier molecular flexibility index (Phi) is 5.37. The standard InChI is InChI=1S/C19H19N3O5/c1-11-17(19(25)22-15(9-23)18(20)24)14-8-13(5-6-16(14)27-11)26-10-12-4-2-3-7-21-12/h2-8,15,23H,9-10H2,1H3,(H2,20,24)(H,22,25). The van der Waals surface area contributed by atoms with Gasteiger partial charge in [-0.3, -0.25) is 14.6 Å². The summed E-state index contributed by atoms with van der Waals surface area (Å²) in [5.74, 6) is -0.469. The Morgan fingerprint density at radius 3 is 2.81 bits per heavy atom. The number of amides is 2. The van der Waals surface area contributed by atoms with Gasteiger partial charge in [0, 0.05) is 11.6 Å². The van der Waals surface area contributed by atoms with E-state index in [0.717, 1.165) is 5.69 Å². The number of aliphatic hydroxyl groups excluding tert-OH is 1. The Labute approximate surface area is 154 Å². The second-order valence-electron chi connectivity index (χ2n) is 5.91. The molecule has 140 valence electrons. The molecule has 0 bridgehead atoms. The molecule has 1 aromatic carbocycles. The SMILES string of the molecule is Cc1oc2ccc(OCc3ccccn3)cc2c1C(=O)NC(CO)C(N)=O. The van der Waals surface area contributed by atoms with Crippen molar-refractivity contribution in [1.29, 1.82) is 0 Å². The van der Waals surface area contributed by atoms with Gasteiger partial charge in [0.1, 0.15) is 29.7 Å². The van der Waals surface area contributed by atoms with Crippen LogP contribution in [-0.2, 0) is 11.4 Å². The van der Waals surface area contributed by atoms with Crippen molar-refractivity contribution in [1.82, 2.24) is 10.3 Å². The van der Waals surface area contributed by atoms with Gasteiger partial charge in [0.2, 0.25) is 5.91 Å². The van der Waals surface area contributed by atoms with Crippen LogP contribution in [0.4, 0.5) is 0 Å².